The average molecular weight is 261 g/mol. The summed E-state index contributed by atoms with van der Waals surface area (Å²) in [6.07, 6.45) is 1.18. The fourth-order valence-electron chi connectivity index (χ4n) is 1.18. The molecule has 0 fully saturated rings. The molecular weight excluding hydrogens is 250 g/mol. The molecule has 0 spiro atoms. The summed E-state index contributed by atoms with van der Waals surface area (Å²) >= 11 is 1.27. The van der Waals surface area contributed by atoms with Gasteiger partial charge in [-0.1, -0.05) is 36.1 Å². The topological polar surface area (TPSA) is 64.1 Å². The molecular formula is C12H11N3O2S. The first kappa shape index (κ1) is 12.3. The predicted molar refractivity (Wildman–Crippen MR) is 69.5 cm³/mol. The van der Waals surface area contributed by atoms with E-state index in [0.29, 0.717) is 16.7 Å². The maximum Gasteiger partial charge on any atom is 0.249 e. The van der Waals surface area contributed by atoms with Gasteiger partial charge in [-0.2, -0.15) is 0 Å². The molecule has 0 saturated heterocycles. The number of amides is 1. The fourth-order valence-corrected chi connectivity index (χ4v) is 1.84. The van der Waals surface area contributed by atoms with Crippen LogP contribution in [0.3, 0.4) is 0 Å². The number of carbonyl (C=O) groups excluding carboxylic acids is 1. The van der Waals surface area contributed by atoms with Crippen LogP contribution in [-0.2, 0) is 11.4 Å². The molecule has 0 unspecified atom stereocenters. The molecule has 6 heteroatoms. The summed E-state index contributed by atoms with van der Waals surface area (Å²) in [5.74, 6) is 0.464. The van der Waals surface area contributed by atoms with E-state index in [1.165, 1.54) is 17.4 Å². The molecule has 5 nitrogen and oxygen atoms in total. The molecule has 2 rings (SSSR count). The molecule has 1 N–H and O–H groups in total. The van der Waals surface area contributed by atoms with Crippen molar-refractivity contribution in [3.63, 3.8) is 0 Å². The van der Waals surface area contributed by atoms with Crippen LogP contribution in [0.15, 0.2) is 43.0 Å². The molecule has 92 valence electrons. The van der Waals surface area contributed by atoms with Crippen LogP contribution in [-0.4, -0.2) is 16.1 Å². The number of anilines is 1. The first-order valence-corrected chi connectivity index (χ1v) is 6.03. The Balaban J connectivity index is 1.91. The van der Waals surface area contributed by atoms with Gasteiger partial charge in [0.15, 0.2) is 5.01 Å². The van der Waals surface area contributed by atoms with Gasteiger partial charge < -0.3 is 4.74 Å². The highest BCUT2D eigenvalue weighted by molar-refractivity contribution is 7.15. The Morgan fingerprint density at radius 1 is 1.39 bits per heavy atom. The minimum absolute atomic E-state index is 0.304. The Hall–Kier alpha value is -2.21. The highest BCUT2D eigenvalue weighted by atomic mass is 32.1. The van der Waals surface area contributed by atoms with Gasteiger partial charge in [0.2, 0.25) is 11.0 Å². The Kier molecular flexibility index (Phi) is 4.03. The maximum atomic E-state index is 11.0. The number of hydrogen-bond donors (Lipinski definition) is 1. The molecule has 0 aliphatic carbocycles. The molecule has 0 aliphatic rings. The van der Waals surface area contributed by atoms with Crippen LogP contribution in [0.5, 0.6) is 5.75 Å². The van der Waals surface area contributed by atoms with Crippen molar-refractivity contribution in [3.8, 4) is 5.75 Å². The number of benzene rings is 1. The molecule has 0 aliphatic heterocycles. The van der Waals surface area contributed by atoms with Crippen molar-refractivity contribution >= 4 is 22.4 Å². The van der Waals surface area contributed by atoms with Crippen LogP contribution in [0.4, 0.5) is 5.13 Å². The number of hydrogen-bond acceptors (Lipinski definition) is 5. The van der Waals surface area contributed by atoms with Crippen LogP contribution in [0.25, 0.3) is 0 Å². The number of ether oxygens (including phenoxy) is 1. The lowest BCUT2D eigenvalue weighted by atomic mass is 10.3. The van der Waals surface area contributed by atoms with Crippen molar-refractivity contribution in [2.75, 3.05) is 5.32 Å². The van der Waals surface area contributed by atoms with E-state index in [4.69, 9.17) is 4.74 Å². The molecule has 1 aromatic carbocycles. The standard InChI is InChI=1S/C12H11N3O2S/c1-2-10(16)13-12-15-14-11(18-12)8-17-9-6-4-3-5-7-9/h2-7H,1,8H2,(H,13,15,16). The molecule has 2 aromatic rings. The summed E-state index contributed by atoms with van der Waals surface area (Å²) in [7, 11) is 0. The number of rotatable bonds is 5. The zero-order valence-corrected chi connectivity index (χ0v) is 10.3. The minimum Gasteiger partial charge on any atom is -0.486 e. The van der Waals surface area contributed by atoms with E-state index in [2.05, 4.69) is 22.1 Å². The lowest BCUT2D eigenvalue weighted by Crippen LogP contribution is -2.06. The number of carbonyl (C=O) groups is 1. The van der Waals surface area contributed by atoms with Gasteiger partial charge in [-0.25, -0.2) is 0 Å². The van der Waals surface area contributed by atoms with E-state index in [1.54, 1.807) is 0 Å². The predicted octanol–water partition coefficient (Wildman–Crippen LogP) is 2.24. The largest absolute Gasteiger partial charge is 0.486 e. The summed E-state index contributed by atoms with van der Waals surface area (Å²) in [5, 5.41) is 11.4. The summed E-state index contributed by atoms with van der Waals surface area (Å²) in [4.78, 5) is 11.0. The van der Waals surface area contributed by atoms with Gasteiger partial charge in [-0.3, -0.25) is 10.1 Å². The fraction of sp³-hybridized carbons (Fsp3) is 0.0833. The van der Waals surface area contributed by atoms with E-state index < -0.39 is 0 Å². The smallest absolute Gasteiger partial charge is 0.249 e. The van der Waals surface area contributed by atoms with Crippen LogP contribution < -0.4 is 10.1 Å². The highest BCUT2D eigenvalue weighted by Gasteiger charge is 2.06. The zero-order valence-electron chi connectivity index (χ0n) is 9.50. The van der Waals surface area contributed by atoms with Crippen molar-refractivity contribution in [1.82, 2.24) is 10.2 Å². The van der Waals surface area contributed by atoms with Crippen molar-refractivity contribution < 1.29 is 9.53 Å². The van der Waals surface area contributed by atoms with E-state index in [0.717, 1.165) is 5.75 Å². The molecule has 0 atom stereocenters. The second-order valence-electron chi connectivity index (χ2n) is 3.30. The summed E-state index contributed by atoms with van der Waals surface area (Å²) in [5.41, 5.74) is 0. The third-order valence-corrected chi connectivity index (χ3v) is 2.80. The van der Waals surface area contributed by atoms with Crippen LogP contribution in [0.1, 0.15) is 5.01 Å². The van der Waals surface area contributed by atoms with Crippen molar-refractivity contribution in [2.24, 2.45) is 0 Å². The maximum absolute atomic E-state index is 11.0. The quantitative estimate of drug-likeness (QED) is 0.838. The Morgan fingerprint density at radius 2 is 2.17 bits per heavy atom. The molecule has 1 heterocycles. The minimum atomic E-state index is -0.304. The van der Waals surface area contributed by atoms with Crippen molar-refractivity contribution in [2.45, 2.75) is 6.61 Å². The van der Waals surface area contributed by atoms with Crippen molar-refractivity contribution in [1.29, 1.82) is 0 Å². The first-order chi connectivity index (χ1) is 8.78. The van der Waals surface area contributed by atoms with Gasteiger partial charge >= 0.3 is 0 Å². The number of nitrogens with zero attached hydrogens (tertiary/aromatic N) is 2. The van der Waals surface area contributed by atoms with E-state index >= 15 is 0 Å². The molecule has 1 amide bonds. The van der Waals surface area contributed by atoms with Crippen LogP contribution in [0.2, 0.25) is 0 Å². The lowest BCUT2D eigenvalue weighted by Gasteiger charge is -2.01. The van der Waals surface area contributed by atoms with Crippen molar-refractivity contribution in [3.05, 3.63) is 48.0 Å². The van der Waals surface area contributed by atoms with E-state index in [9.17, 15) is 4.79 Å². The third-order valence-electron chi connectivity index (χ3n) is 1.99. The molecule has 0 bridgehead atoms. The Labute approximate surface area is 108 Å². The van der Waals surface area contributed by atoms with Gasteiger partial charge in [0.1, 0.15) is 12.4 Å². The second kappa shape index (κ2) is 5.92. The normalized spacial score (nSPS) is 9.78. The Morgan fingerprint density at radius 3 is 2.89 bits per heavy atom. The van der Waals surface area contributed by atoms with Gasteiger partial charge in [-0.05, 0) is 18.2 Å². The first-order valence-electron chi connectivity index (χ1n) is 5.21. The number of para-hydroxylation sites is 1. The summed E-state index contributed by atoms with van der Waals surface area (Å²) in [6, 6.07) is 9.43. The molecule has 1 aromatic heterocycles. The lowest BCUT2D eigenvalue weighted by molar-refractivity contribution is -0.111. The van der Waals surface area contributed by atoms with Gasteiger partial charge in [0.25, 0.3) is 0 Å². The molecule has 0 radical (unpaired) electrons. The SMILES string of the molecule is C=CC(=O)Nc1nnc(COc2ccccc2)s1. The van der Waals surface area contributed by atoms with E-state index in [1.807, 2.05) is 30.3 Å². The summed E-state index contributed by atoms with van der Waals surface area (Å²) in [6.45, 7) is 3.68. The monoisotopic (exact) mass is 261 g/mol. The summed E-state index contributed by atoms with van der Waals surface area (Å²) < 4.78 is 5.51. The van der Waals surface area contributed by atoms with Crippen LogP contribution in [0, 0.1) is 0 Å². The highest BCUT2D eigenvalue weighted by Crippen LogP contribution is 2.17. The zero-order chi connectivity index (χ0) is 12.8. The molecule has 18 heavy (non-hydrogen) atoms. The number of aromatic nitrogens is 2. The van der Waals surface area contributed by atoms with Crippen LogP contribution >= 0.6 is 11.3 Å². The van der Waals surface area contributed by atoms with Gasteiger partial charge in [-0.15, -0.1) is 10.2 Å². The third kappa shape index (κ3) is 3.39. The van der Waals surface area contributed by atoms with E-state index in [-0.39, 0.29) is 5.91 Å². The Bertz CT molecular complexity index is 539. The van der Waals surface area contributed by atoms with Gasteiger partial charge in [0, 0.05) is 0 Å². The average Bonchev–Trinajstić information content (AvgIpc) is 2.85. The second-order valence-corrected chi connectivity index (χ2v) is 4.36. The number of nitrogens with one attached hydrogen (secondary N) is 1. The molecule has 0 saturated carbocycles. The van der Waals surface area contributed by atoms with Gasteiger partial charge in [0.05, 0.1) is 0 Å².